The number of benzene rings is 1. The smallest absolute Gasteiger partial charge is 0.161 e. The summed E-state index contributed by atoms with van der Waals surface area (Å²) >= 11 is 0. The van der Waals surface area contributed by atoms with Crippen molar-refractivity contribution in [2.75, 3.05) is 14.2 Å². The molecule has 0 unspecified atom stereocenters. The second kappa shape index (κ2) is 5.97. The summed E-state index contributed by atoms with van der Waals surface area (Å²) in [7, 11) is 3.25. The zero-order valence-corrected chi connectivity index (χ0v) is 10.8. The van der Waals surface area contributed by atoms with E-state index < -0.39 is 0 Å². The standard InChI is InChI=1S/C15H18O2/c1-6-8-11(3)13-10-15(17-5)14(16-4)9-12(13)7-2/h6,8-10H,2H2,1,3-5H3/b8-6-,13-11-. The summed E-state index contributed by atoms with van der Waals surface area (Å²) in [6, 6.07) is 3.83. The Hall–Kier alpha value is -1.92. The zero-order valence-electron chi connectivity index (χ0n) is 10.8. The summed E-state index contributed by atoms with van der Waals surface area (Å²) in [5.74, 6) is 1.40. The summed E-state index contributed by atoms with van der Waals surface area (Å²) in [4.78, 5) is 0. The Kier molecular flexibility index (Phi) is 4.62. The van der Waals surface area contributed by atoms with Gasteiger partial charge < -0.3 is 9.47 Å². The Balaban J connectivity index is 3.74. The summed E-state index contributed by atoms with van der Waals surface area (Å²) in [5.41, 5.74) is 4.06. The molecule has 90 valence electrons. The molecule has 0 radical (unpaired) electrons. The van der Waals surface area contributed by atoms with Crippen LogP contribution in [0.2, 0.25) is 0 Å². The van der Waals surface area contributed by atoms with Crippen molar-refractivity contribution in [3.8, 4) is 11.5 Å². The summed E-state index contributed by atoms with van der Waals surface area (Å²) in [6.45, 7) is 7.74. The highest BCUT2D eigenvalue weighted by Gasteiger charge is 2.03. The highest BCUT2D eigenvalue weighted by Crippen LogP contribution is 2.22. The largest absolute Gasteiger partial charge is 0.493 e. The number of rotatable bonds is 3. The Morgan fingerprint density at radius 3 is 2.29 bits per heavy atom. The van der Waals surface area contributed by atoms with Gasteiger partial charge in [0.05, 0.1) is 14.2 Å². The molecule has 0 aliphatic carbocycles. The Morgan fingerprint density at radius 1 is 1.24 bits per heavy atom. The first-order valence-electron chi connectivity index (χ1n) is 5.43. The van der Waals surface area contributed by atoms with Crippen molar-refractivity contribution in [2.45, 2.75) is 13.8 Å². The van der Waals surface area contributed by atoms with Crippen LogP contribution in [0.5, 0.6) is 11.5 Å². The lowest BCUT2D eigenvalue weighted by atomic mass is 10.1. The van der Waals surface area contributed by atoms with Crippen LogP contribution in [-0.4, -0.2) is 14.2 Å². The van der Waals surface area contributed by atoms with E-state index in [1.807, 2.05) is 38.1 Å². The van der Waals surface area contributed by atoms with E-state index >= 15 is 0 Å². The number of ether oxygens (including phenoxy) is 2. The van der Waals surface area contributed by atoms with Gasteiger partial charge in [0.1, 0.15) is 0 Å². The van der Waals surface area contributed by atoms with Crippen LogP contribution in [-0.2, 0) is 0 Å². The van der Waals surface area contributed by atoms with Crippen LogP contribution >= 0.6 is 0 Å². The lowest BCUT2D eigenvalue weighted by Gasteiger charge is -2.07. The van der Waals surface area contributed by atoms with E-state index in [1.54, 1.807) is 14.2 Å². The third kappa shape index (κ3) is 2.80. The monoisotopic (exact) mass is 230 g/mol. The molecule has 1 aromatic carbocycles. The highest BCUT2D eigenvalue weighted by molar-refractivity contribution is 5.57. The predicted octanol–water partition coefficient (Wildman–Crippen LogP) is 2.02. The Bertz CT molecular complexity index is 561. The van der Waals surface area contributed by atoms with E-state index in [9.17, 15) is 0 Å². The van der Waals surface area contributed by atoms with Gasteiger partial charge in [-0.25, -0.2) is 0 Å². The van der Waals surface area contributed by atoms with E-state index in [1.165, 1.54) is 0 Å². The first-order chi connectivity index (χ1) is 8.17. The zero-order chi connectivity index (χ0) is 12.8. The van der Waals surface area contributed by atoms with Crippen molar-refractivity contribution in [1.82, 2.24) is 0 Å². The third-order valence-corrected chi connectivity index (χ3v) is 2.56. The van der Waals surface area contributed by atoms with Crippen LogP contribution < -0.4 is 19.9 Å². The van der Waals surface area contributed by atoms with Crippen LogP contribution in [0.15, 0.2) is 30.9 Å². The normalized spacial score (nSPS) is 12.2. The summed E-state index contributed by atoms with van der Waals surface area (Å²) < 4.78 is 10.5. The van der Waals surface area contributed by atoms with Crippen molar-refractivity contribution < 1.29 is 9.47 Å². The Labute approximate surface area is 102 Å². The van der Waals surface area contributed by atoms with Crippen LogP contribution in [0.4, 0.5) is 0 Å². The minimum Gasteiger partial charge on any atom is -0.493 e. The average Bonchev–Trinajstić information content (AvgIpc) is 2.37. The number of hydrogen-bond donors (Lipinski definition) is 0. The van der Waals surface area contributed by atoms with E-state index in [-0.39, 0.29) is 0 Å². The van der Waals surface area contributed by atoms with Crippen molar-refractivity contribution in [2.24, 2.45) is 0 Å². The first-order valence-corrected chi connectivity index (χ1v) is 5.43. The van der Waals surface area contributed by atoms with E-state index in [4.69, 9.17) is 9.47 Å². The van der Waals surface area contributed by atoms with Gasteiger partial charge in [0.2, 0.25) is 0 Å². The van der Waals surface area contributed by atoms with Crippen LogP contribution in [0.25, 0.3) is 11.3 Å². The van der Waals surface area contributed by atoms with E-state index in [0.29, 0.717) is 11.5 Å². The van der Waals surface area contributed by atoms with Crippen molar-refractivity contribution in [3.63, 3.8) is 0 Å². The van der Waals surface area contributed by atoms with Crippen molar-refractivity contribution >= 4 is 11.3 Å². The molecule has 0 amide bonds. The number of methoxy groups -OCH3 is 2. The number of allylic oxidation sites excluding steroid dienone is 2. The average molecular weight is 230 g/mol. The fourth-order valence-corrected chi connectivity index (χ4v) is 1.69. The maximum absolute atomic E-state index is 5.29. The predicted molar refractivity (Wildman–Crippen MR) is 71.7 cm³/mol. The molecule has 1 aromatic rings. The molecule has 0 aromatic heterocycles. The molecular weight excluding hydrogens is 212 g/mol. The van der Waals surface area contributed by atoms with Gasteiger partial charge in [-0.15, -0.1) is 5.73 Å². The minimum atomic E-state index is 0.690. The summed E-state index contributed by atoms with van der Waals surface area (Å²) in [5, 5.41) is 1.97. The van der Waals surface area contributed by atoms with Crippen LogP contribution in [0.1, 0.15) is 13.8 Å². The maximum Gasteiger partial charge on any atom is 0.161 e. The molecule has 0 atom stereocenters. The molecule has 2 nitrogen and oxygen atoms in total. The van der Waals surface area contributed by atoms with Crippen LogP contribution in [0, 0.1) is 0 Å². The molecule has 0 fully saturated rings. The topological polar surface area (TPSA) is 18.5 Å². The Morgan fingerprint density at radius 2 is 1.82 bits per heavy atom. The maximum atomic E-state index is 5.29. The molecule has 0 spiro atoms. The lowest BCUT2D eigenvalue weighted by molar-refractivity contribution is 0.354. The molecule has 0 bridgehead atoms. The minimum absolute atomic E-state index is 0.690. The van der Waals surface area contributed by atoms with Gasteiger partial charge in [0.15, 0.2) is 11.5 Å². The first kappa shape index (κ1) is 13.1. The molecular formula is C15H18O2. The van der Waals surface area contributed by atoms with Crippen molar-refractivity contribution in [1.29, 1.82) is 0 Å². The van der Waals surface area contributed by atoms with E-state index in [2.05, 4.69) is 12.3 Å². The highest BCUT2D eigenvalue weighted by atomic mass is 16.5. The molecule has 0 aliphatic heterocycles. The van der Waals surface area contributed by atoms with E-state index in [0.717, 1.165) is 16.0 Å². The fourth-order valence-electron chi connectivity index (χ4n) is 1.69. The van der Waals surface area contributed by atoms with Crippen LogP contribution in [0.3, 0.4) is 0 Å². The van der Waals surface area contributed by atoms with Gasteiger partial charge in [-0.1, -0.05) is 18.7 Å². The van der Waals surface area contributed by atoms with Crippen molar-refractivity contribution in [3.05, 3.63) is 41.3 Å². The molecule has 0 aliphatic rings. The van der Waals surface area contributed by atoms with Gasteiger partial charge in [0.25, 0.3) is 0 Å². The second-order valence-electron chi connectivity index (χ2n) is 3.61. The lowest BCUT2D eigenvalue weighted by Crippen LogP contribution is -2.25. The molecule has 0 N–H and O–H groups in total. The molecule has 2 heteroatoms. The second-order valence-corrected chi connectivity index (χ2v) is 3.61. The number of hydrogen-bond acceptors (Lipinski definition) is 2. The third-order valence-electron chi connectivity index (χ3n) is 2.56. The molecule has 0 saturated carbocycles. The van der Waals surface area contributed by atoms with Gasteiger partial charge >= 0.3 is 0 Å². The van der Waals surface area contributed by atoms with Gasteiger partial charge in [-0.2, -0.15) is 0 Å². The molecule has 0 saturated heterocycles. The fraction of sp³-hybridized carbons (Fsp3) is 0.267. The molecule has 1 rings (SSSR count). The van der Waals surface area contributed by atoms with Gasteiger partial charge in [0, 0.05) is 5.22 Å². The quantitative estimate of drug-likeness (QED) is 0.791. The SMILES string of the molecule is C=C=c1cc(OC)c(OC)c/c1=C(C)/C=C\C. The van der Waals surface area contributed by atoms with Gasteiger partial charge in [-0.3, -0.25) is 0 Å². The van der Waals surface area contributed by atoms with Gasteiger partial charge in [-0.05, 0) is 36.8 Å². The summed E-state index contributed by atoms with van der Waals surface area (Å²) in [6.07, 6.45) is 4.04. The molecule has 17 heavy (non-hydrogen) atoms. The molecule has 0 heterocycles.